The van der Waals surface area contributed by atoms with E-state index >= 15 is 0 Å². The van der Waals surface area contributed by atoms with E-state index in [0.29, 0.717) is 29.2 Å². The van der Waals surface area contributed by atoms with E-state index in [1.807, 2.05) is 24.3 Å². The molecule has 1 atom stereocenters. The second-order valence-electron chi connectivity index (χ2n) is 8.15. The molecular weight excluding hydrogens is 402 g/mol. The van der Waals surface area contributed by atoms with Gasteiger partial charge in [0.25, 0.3) is 11.8 Å². The summed E-state index contributed by atoms with van der Waals surface area (Å²) in [4.78, 5) is 29.3. The van der Waals surface area contributed by atoms with Gasteiger partial charge in [-0.05, 0) is 71.8 Å². The van der Waals surface area contributed by atoms with Crippen molar-refractivity contribution in [1.82, 2.24) is 15.6 Å². The highest BCUT2D eigenvalue weighted by atomic mass is 16.3. The minimum atomic E-state index is -0.609. The molecular formula is C26H27N3O3. The van der Waals surface area contributed by atoms with E-state index < -0.39 is 6.04 Å². The number of hydrogen-bond acceptors (Lipinski definition) is 4. The van der Waals surface area contributed by atoms with Crippen molar-refractivity contribution < 1.29 is 14.7 Å². The number of hydrogen-bond donors (Lipinski definition) is 3. The molecule has 0 saturated heterocycles. The summed E-state index contributed by atoms with van der Waals surface area (Å²) in [5.74, 6) is 0.162. The summed E-state index contributed by atoms with van der Waals surface area (Å²) in [5.41, 5.74) is 3.72. The Kier molecular flexibility index (Phi) is 6.92. The first-order valence-electron chi connectivity index (χ1n) is 10.9. The number of aromatic nitrogens is 1. The van der Waals surface area contributed by atoms with Gasteiger partial charge in [0, 0.05) is 30.1 Å². The third-order valence-electron chi connectivity index (χ3n) is 5.98. The summed E-state index contributed by atoms with van der Waals surface area (Å²) < 4.78 is 0. The maximum atomic E-state index is 12.8. The van der Waals surface area contributed by atoms with E-state index in [2.05, 4.69) is 15.6 Å². The van der Waals surface area contributed by atoms with E-state index in [-0.39, 0.29) is 18.4 Å². The first-order valence-corrected chi connectivity index (χ1v) is 10.9. The number of aliphatic hydroxyl groups excluding tert-OH is 1. The quantitative estimate of drug-likeness (QED) is 0.509. The molecule has 0 aliphatic heterocycles. The van der Waals surface area contributed by atoms with Gasteiger partial charge in [-0.25, -0.2) is 0 Å². The number of nitrogens with zero attached hydrogens (tertiary/aromatic N) is 1. The fourth-order valence-corrected chi connectivity index (χ4v) is 3.77. The summed E-state index contributed by atoms with van der Waals surface area (Å²) in [6.07, 6.45) is 7.03. The molecule has 6 nitrogen and oxygen atoms in total. The number of nitrogens with one attached hydrogen (secondary N) is 2. The molecule has 3 N–H and O–H groups in total. The van der Waals surface area contributed by atoms with Gasteiger partial charge in [0.2, 0.25) is 0 Å². The number of aliphatic hydroxyl groups is 1. The number of carbonyl (C=O) groups is 2. The summed E-state index contributed by atoms with van der Waals surface area (Å²) in [6.45, 7) is 0.423. The molecule has 4 rings (SSSR count). The average molecular weight is 430 g/mol. The molecule has 2 aromatic carbocycles. The van der Waals surface area contributed by atoms with E-state index in [4.69, 9.17) is 0 Å². The van der Waals surface area contributed by atoms with Crippen LogP contribution in [0.1, 0.15) is 51.6 Å². The lowest BCUT2D eigenvalue weighted by Crippen LogP contribution is -2.33. The minimum absolute atomic E-state index is 0.131. The number of pyridine rings is 1. The van der Waals surface area contributed by atoms with E-state index in [0.717, 1.165) is 11.1 Å². The molecule has 0 spiro atoms. The molecule has 1 aromatic heterocycles. The number of amides is 2. The maximum Gasteiger partial charge on any atom is 0.251 e. The largest absolute Gasteiger partial charge is 0.394 e. The molecule has 1 aliphatic carbocycles. The smallest absolute Gasteiger partial charge is 0.251 e. The molecule has 0 radical (unpaired) electrons. The number of carbonyl (C=O) groups excluding carboxylic acids is 2. The standard InChI is InChI=1S/C26H27N3O3/c30-17-24(22-5-2-6-23(15-22)25(31)28-16-18-3-1-4-18)29-26(32)21-9-7-19(8-10-21)20-11-13-27-14-12-20/h2,5-15,18,24,30H,1,3-4,16-17H2,(H,28,31)(H,29,32)/t24-/m1/s1. The van der Waals surface area contributed by atoms with Gasteiger partial charge in [-0.15, -0.1) is 0 Å². The third-order valence-corrected chi connectivity index (χ3v) is 5.98. The van der Waals surface area contributed by atoms with Gasteiger partial charge in [-0.3, -0.25) is 14.6 Å². The molecule has 32 heavy (non-hydrogen) atoms. The molecule has 3 aromatic rings. The second-order valence-corrected chi connectivity index (χ2v) is 8.15. The Bertz CT molecular complexity index is 1060. The maximum absolute atomic E-state index is 12.8. The van der Waals surface area contributed by atoms with Crippen molar-refractivity contribution in [2.24, 2.45) is 5.92 Å². The van der Waals surface area contributed by atoms with Crippen LogP contribution in [0.2, 0.25) is 0 Å². The number of benzene rings is 2. The van der Waals surface area contributed by atoms with Gasteiger partial charge in [0.1, 0.15) is 0 Å². The summed E-state index contributed by atoms with van der Waals surface area (Å²) in [5, 5.41) is 15.7. The van der Waals surface area contributed by atoms with Gasteiger partial charge in [-0.1, -0.05) is 30.7 Å². The zero-order chi connectivity index (χ0) is 22.3. The predicted molar refractivity (Wildman–Crippen MR) is 123 cm³/mol. The lowest BCUT2D eigenvalue weighted by Gasteiger charge is -2.25. The topological polar surface area (TPSA) is 91.3 Å². The van der Waals surface area contributed by atoms with Gasteiger partial charge in [0.15, 0.2) is 0 Å². The Morgan fingerprint density at radius 3 is 2.31 bits per heavy atom. The van der Waals surface area contributed by atoms with Crippen LogP contribution in [-0.4, -0.2) is 35.1 Å². The lowest BCUT2D eigenvalue weighted by atomic mass is 9.85. The molecule has 0 unspecified atom stereocenters. The highest BCUT2D eigenvalue weighted by Gasteiger charge is 2.20. The molecule has 1 aliphatic rings. The lowest BCUT2D eigenvalue weighted by molar-refractivity contribution is 0.0915. The fraction of sp³-hybridized carbons (Fsp3) is 0.269. The molecule has 1 fully saturated rings. The normalized spacial score (nSPS) is 14.3. The second kappa shape index (κ2) is 10.2. The first kappa shape index (κ1) is 21.7. The van der Waals surface area contributed by atoms with E-state index in [9.17, 15) is 14.7 Å². The highest BCUT2D eigenvalue weighted by Crippen LogP contribution is 2.25. The van der Waals surface area contributed by atoms with Crippen molar-refractivity contribution in [2.45, 2.75) is 25.3 Å². The van der Waals surface area contributed by atoms with Crippen LogP contribution >= 0.6 is 0 Å². The van der Waals surface area contributed by atoms with Gasteiger partial charge in [0.05, 0.1) is 12.6 Å². The molecule has 1 heterocycles. The monoisotopic (exact) mass is 429 g/mol. The highest BCUT2D eigenvalue weighted by molar-refractivity contribution is 5.95. The van der Waals surface area contributed by atoms with Crippen molar-refractivity contribution >= 4 is 11.8 Å². The molecule has 0 bridgehead atoms. The SMILES string of the molecule is O=C(NCC1CCC1)c1cccc([C@@H](CO)NC(=O)c2ccc(-c3ccncc3)cc2)c1. The van der Waals surface area contributed by atoms with Crippen LogP contribution in [0.4, 0.5) is 0 Å². The van der Waals surface area contributed by atoms with Crippen LogP contribution in [0.3, 0.4) is 0 Å². The molecule has 6 heteroatoms. The van der Waals surface area contributed by atoms with E-state index in [1.165, 1.54) is 19.3 Å². The Hall–Kier alpha value is -3.51. The van der Waals surface area contributed by atoms with Crippen LogP contribution < -0.4 is 10.6 Å². The summed E-state index contributed by atoms with van der Waals surface area (Å²) >= 11 is 0. The van der Waals surface area contributed by atoms with Crippen molar-refractivity contribution in [2.75, 3.05) is 13.2 Å². The van der Waals surface area contributed by atoms with Crippen LogP contribution in [0.15, 0.2) is 73.1 Å². The van der Waals surface area contributed by atoms with Gasteiger partial charge in [-0.2, -0.15) is 0 Å². The van der Waals surface area contributed by atoms with Crippen molar-refractivity contribution in [3.05, 3.63) is 89.7 Å². The fourth-order valence-electron chi connectivity index (χ4n) is 3.77. The molecule has 2 amide bonds. The van der Waals surface area contributed by atoms with Crippen molar-refractivity contribution in [3.8, 4) is 11.1 Å². The minimum Gasteiger partial charge on any atom is -0.394 e. The molecule has 164 valence electrons. The van der Waals surface area contributed by atoms with Crippen molar-refractivity contribution in [1.29, 1.82) is 0 Å². The Morgan fingerprint density at radius 2 is 1.66 bits per heavy atom. The van der Waals surface area contributed by atoms with Crippen LogP contribution in [0, 0.1) is 5.92 Å². The van der Waals surface area contributed by atoms with Crippen LogP contribution in [-0.2, 0) is 0 Å². The molecule has 1 saturated carbocycles. The Morgan fingerprint density at radius 1 is 0.938 bits per heavy atom. The summed E-state index contributed by atoms with van der Waals surface area (Å²) in [6, 6.07) is 17.5. The zero-order valence-corrected chi connectivity index (χ0v) is 17.8. The summed E-state index contributed by atoms with van der Waals surface area (Å²) in [7, 11) is 0. The predicted octanol–water partition coefficient (Wildman–Crippen LogP) is 3.74. The average Bonchev–Trinajstić information content (AvgIpc) is 2.82. The first-order chi connectivity index (χ1) is 15.6. The van der Waals surface area contributed by atoms with Gasteiger partial charge < -0.3 is 15.7 Å². The van der Waals surface area contributed by atoms with Crippen molar-refractivity contribution in [3.63, 3.8) is 0 Å². The Labute approximate surface area is 187 Å². The Balaban J connectivity index is 1.41. The van der Waals surface area contributed by atoms with Crippen LogP contribution in [0.5, 0.6) is 0 Å². The number of rotatable bonds is 8. The van der Waals surface area contributed by atoms with E-state index in [1.54, 1.807) is 48.8 Å². The van der Waals surface area contributed by atoms with Crippen LogP contribution in [0.25, 0.3) is 11.1 Å². The third kappa shape index (κ3) is 5.21. The zero-order valence-electron chi connectivity index (χ0n) is 17.8. The van der Waals surface area contributed by atoms with Gasteiger partial charge >= 0.3 is 0 Å².